The van der Waals surface area contributed by atoms with Crippen LogP contribution in [-0.4, -0.2) is 37.3 Å². The second-order valence-corrected chi connectivity index (χ2v) is 9.96. The zero-order valence-corrected chi connectivity index (χ0v) is 14.7. The molecule has 1 aliphatic heterocycles. The van der Waals surface area contributed by atoms with E-state index in [1.165, 1.54) is 22.7 Å². The molecule has 1 aliphatic carbocycles. The highest BCUT2D eigenvalue weighted by molar-refractivity contribution is 7.91. The van der Waals surface area contributed by atoms with Crippen molar-refractivity contribution in [2.24, 2.45) is 5.92 Å². The van der Waals surface area contributed by atoms with Gasteiger partial charge >= 0.3 is 0 Å². The third-order valence-corrected chi connectivity index (χ3v) is 8.77. The van der Waals surface area contributed by atoms with Crippen LogP contribution in [0.5, 0.6) is 0 Å². The van der Waals surface area contributed by atoms with Crippen molar-refractivity contribution >= 4 is 38.6 Å². The van der Waals surface area contributed by atoms with Gasteiger partial charge in [0.1, 0.15) is 4.21 Å². The highest BCUT2D eigenvalue weighted by Gasteiger charge is 2.50. The predicted molar refractivity (Wildman–Crippen MR) is 90.3 cm³/mol. The Bertz CT molecular complexity index is 799. The highest BCUT2D eigenvalue weighted by atomic mass is 32.2. The topological polar surface area (TPSA) is 66.5 Å². The third kappa shape index (κ3) is 2.63. The molecule has 3 unspecified atom stereocenters. The molecule has 3 heterocycles. The van der Waals surface area contributed by atoms with Crippen LogP contribution in [0.3, 0.4) is 0 Å². The molecular formula is C15H16N2O3S3. The molecule has 0 radical (unpaired) electrons. The van der Waals surface area contributed by atoms with Crippen LogP contribution < -0.4 is 5.32 Å². The quantitative estimate of drug-likeness (QED) is 0.901. The summed E-state index contributed by atoms with van der Waals surface area (Å²) in [6.07, 6.45) is 1.53. The van der Waals surface area contributed by atoms with Crippen molar-refractivity contribution in [3.05, 3.63) is 39.9 Å². The maximum Gasteiger partial charge on any atom is 0.261 e. The normalized spacial score (nSPS) is 27.4. The summed E-state index contributed by atoms with van der Waals surface area (Å²) >= 11 is 2.68. The molecule has 1 saturated heterocycles. The van der Waals surface area contributed by atoms with Crippen molar-refractivity contribution in [2.75, 3.05) is 6.54 Å². The molecule has 122 valence electrons. The minimum Gasteiger partial charge on any atom is -0.348 e. The fourth-order valence-electron chi connectivity index (χ4n) is 3.56. The number of piperidine rings is 1. The van der Waals surface area contributed by atoms with Crippen LogP contribution in [0.4, 0.5) is 0 Å². The number of hydrogen-bond acceptors (Lipinski definition) is 5. The van der Waals surface area contributed by atoms with E-state index in [1.54, 1.807) is 27.9 Å². The van der Waals surface area contributed by atoms with Crippen LogP contribution in [0.15, 0.2) is 39.2 Å². The molecule has 1 saturated carbocycles. The van der Waals surface area contributed by atoms with E-state index in [-0.39, 0.29) is 23.9 Å². The van der Waals surface area contributed by atoms with Crippen LogP contribution >= 0.6 is 22.7 Å². The summed E-state index contributed by atoms with van der Waals surface area (Å²) < 4.78 is 27.3. The molecule has 3 atom stereocenters. The van der Waals surface area contributed by atoms with Gasteiger partial charge in [-0.2, -0.15) is 4.31 Å². The zero-order chi connectivity index (χ0) is 16.0. The van der Waals surface area contributed by atoms with Gasteiger partial charge in [0.15, 0.2) is 0 Å². The van der Waals surface area contributed by atoms with Gasteiger partial charge in [-0.1, -0.05) is 12.1 Å². The first-order valence-electron chi connectivity index (χ1n) is 7.45. The average Bonchev–Trinajstić information content (AvgIpc) is 3.28. The summed E-state index contributed by atoms with van der Waals surface area (Å²) in [5, 5.41) is 6.74. The van der Waals surface area contributed by atoms with Crippen LogP contribution in [-0.2, 0) is 10.0 Å². The van der Waals surface area contributed by atoms with E-state index in [0.717, 1.165) is 6.42 Å². The first-order chi connectivity index (χ1) is 11.1. The lowest BCUT2D eigenvalue weighted by Gasteiger charge is -2.30. The Morgan fingerprint density at radius 2 is 1.96 bits per heavy atom. The molecule has 2 aromatic rings. The van der Waals surface area contributed by atoms with Gasteiger partial charge in [-0.05, 0) is 41.7 Å². The monoisotopic (exact) mass is 368 g/mol. The smallest absolute Gasteiger partial charge is 0.261 e. The standard InChI is InChI=1S/C15H16N2O3S3/c18-15(13-3-1-5-21-13)16-12-8-11-7-10(12)9-17(11)23(19,20)14-4-2-6-22-14/h1-6,10-12H,7-9H2,(H,16,18). The number of nitrogens with one attached hydrogen (secondary N) is 1. The first kappa shape index (κ1) is 15.3. The lowest BCUT2D eigenvalue weighted by molar-refractivity contribution is 0.0924. The number of carbonyl (C=O) groups is 1. The van der Waals surface area contributed by atoms with E-state index in [2.05, 4.69) is 5.32 Å². The van der Waals surface area contributed by atoms with Crippen molar-refractivity contribution in [3.8, 4) is 0 Å². The minimum absolute atomic E-state index is 0.000681. The first-order valence-corrected chi connectivity index (χ1v) is 10.7. The molecule has 0 spiro atoms. The Morgan fingerprint density at radius 3 is 2.57 bits per heavy atom. The van der Waals surface area contributed by atoms with Crippen molar-refractivity contribution in [1.29, 1.82) is 0 Å². The summed E-state index contributed by atoms with van der Waals surface area (Å²) in [6.45, 7) is 0.500. The number of fused-ring (bicyclic) bond motifs is 2. The summed E-state index contributed by atoms with van der Waals surface area (Å²) in [6, 6.07) is 7.15. The van der Waals surface area contributed by atoms with E-state index in [9.17, 15) is 13.2 Å². The fourth-order valence-corrected chi connectivity index (χ4v) is 7.01. The SMILES string of the molecule is O=C(NC1CC2CC1CN2S(=O)(=O)c1cccs1)c1cccs1. The van der Waals surface area contributed by atoms with Gasteiger partial charge in [0.25, 0.3) is 15.9 Å². The summed E-state index contributed by atoms with van der Waals surface area (Å²) in [5.74, 6) is 0.156. The Morgan fingerprint density at radius 1 is 1.17 bits per heavy atom. The fraction of sp³-hybridized carbons (Fsp3) is 0.400. The summed E-state index contributed by atoms with van der Waals surface area (Å²) in [5.41, 5.74) is 0. The zero-order valence-electron chi connectivity index (χ0n) is 12.2. The number of amides is 1. The van der Waals surface area contributed by atoms with E-state index in [0.29, 0.717) is 22.1 Å². The Balaban J connectivity index is 1.45. The van der Waals surface area contributed by atoms with Gasteiger partial charge < -0.3 is 5.32 Å². The maximum absolute atomic E-state index is 12.7. The molecule has 4 rings (SSSR count). The molecule has 2 aromatic heterocycles. The maximum atomic E-state index is 12.7. The van der Waals surface area contributed by atoms with Gasteiger partial charge in [-0.3, -0.25) is 4.79 Å². The van der Waals surface area contributed by atoms with Crippen LogP contribution in [0.2, 0.25) is 0 Å². The van der Waals surface area contributed by atoms with E-state index >= 15 is 0 Å². The molecule has 1 N–H and O–H groups in total. The molecule has 8 heteroatoms. The van der Waals surface area contributed by atoms with Gasteiger partial charge in [-0.15, -0.1) is 22.7 Å². The summed E-state index contributed by atoms with van der Waals surface area (Å²) in [7, 11) is -3.38. The molecular weight excluding hydrogens is 352 g/mol. The highest BCUT2D eigenvalue weighted by Crippen LogP contribution is 2.41. The van der Waals surface area contributed by atoms with E-state index in [4.69, 9.17) is 0 Å². The van der Waals surface area contributed by atoms with Crippen LogP contribution in [0.25, 0.3) is 0 Å². The molecule has 2 bridgehead atoms. The van der Waals surface area contributed by atoms with Gasteiger partial charge in [0.2, 0.25) is 0 Å². The lowest BCUT2D eigenvalue weighted by Crippen LogP contribution is -2.47. The second-order valence-electron chi connectivity index (χ2n) is 5.95. The number of rotatable bonds is 4. The van der Waals surface area contributed by atoms with Crippen molar-refractivity contribution in [1.82, 2.24) is 9.62 Å². The van der Waals surface area contributed by atoms with Crippen molar-refractivity contribution in [2.45, 2.75) is 29.1 Å². The van der Waals surface area contributed by atoms with Gasteiger partial charge in [-0.25, -0.2) is 8.42 Å². The van der Waals surface area contributed by atoms with Crippen molar-refractivity contribution < 1.29 is 13.2 Å². The number of hydrogen-bond donors (Lipinski definition) is 1. The van der Waals surface area contributed by atoms with Gasteiger partial charge in [0.05, 0.1) is 4.88 Å². The van der Waals surface area contributed by atoms with E-state index < -0.39 is 10.0 Å². The number of sulfonamides is 1. The Hall–Kier alpha value is -1.22. The summed E-state index contributed by atoms with van der Waals surface area (Å²) in [4.78, 5) is 12.9. The van der Waals surface area contributed by atoms with Crippen LogP contribution in [0.1, 0.15) is 22.5 Å². The second kappa shape index (κ2) is 5.70. The average molecular weight is 369 g/mol. The molecule has 0 aromatic carbocycles. The molecule has 2 aliphatic rings. The van der Waals surface area contributed by atoms with Crippen molar-refractivity contribution in [3.63, 3.8) is 0 Å². The number of thiophene rings is 2. The predicted octanol–water partition coefficient (Wildman–Crippen LogP) is 2.39. The van der Waals surface area contributed by atoms with E-state index in [1.807, 2.05) is 11.4 Å². The van der Waals surface area contributed by atoms with Gasteiger partial charge in [0, 0.05) is 18.6 Å². The lowest BCUT2D eigenvalue weighted by atomic mass is 10.0. The third-order valence-electron chi connectivity index (χ3n) is 4.61. The molecule has 5 nitrogen and oxygen atoms in total. The number of nitrogens with zero attached hydrogens (tertiary/aromatic N) is 1. The molecule has 2 fully saturated rings. The van der Waals surface area contributed by atoms with Crippen LogP contribution in [0, 0.1) is 5.92 Å². The molecule has 23 heavy (non-hydrogen) atoms. The minimum atomic E-state index is -3.38. The Labute approximate surface area is 143 Å². The number of carbonyl (C=O) groups excluding carboxylic acids is 1. The largest absolute Gasteiger partial charge is 0.348 e. The molecule has 1 amide bonds. The Kier molecular flexibility index (Phi) is 3.79.